The van der Waals surface area contributed by atoms with Gasteiger partial charge in [0.15, 0.2) is 11.6 Å². The van der Waals surface area contributed by atoms with Crippen molar-refractivity contribution in [2.45, 2.75) is 38.1 Å². The van der Waals surface area contributed by atoms with Gasteiger partial charge in [0.25, 0.3) is 11.3 Å². The first-order chi connectivity index (χ1) is 16.3. The Labute approximate surface area is 202 Å². The van der Waals surface area contributed by atoms with Crippen molar-refractivity contribution >= 4 is 57.3 Å². The van der Waals surface area contributed by atoms with E-state index in [9.17, 15) is 28.3 Å². The number of carbonyl (C=O) groups is 3. The highest BCUT2D eigenvalue weighted by Gasteiger charge is 2.42. The molecule has 3 heterocycles. The maximum Gasteiger partial charge on any atom is 0.310 e. The topological polar surface area (TPSA) is 146 Å². The number of Topliss-reactive ketones (excluding diaryl/α,β-unsaturated/α-hetero) is 1. The summed E-state index contributed by atoms with van der Waals surface area (Å²) >= 11 is -1.07. The molecule has 0 aliphatic carbocycles. The second-order valence-corrected chi connectivity index (χ2v) is 10.3. The summed E-state index contributed by atoms with van der Waals surface area (Å²) in [6.45, 7) is 1.60. The number of aliphatic hydroxyl groups is 1. The van der Waals surface area contributed by atoms with Crippen LogP contribution in [0.4, 0.5) is 5.82 Å². The number of cyclic esters (lactones) is 1. The number of aromatic nitrogens is 1. The first-order valence-electron chi connectivity index (χ1n) is 10.8. The van der Waals surface area contributed by atoms with Gasteiger partial charge in [-0.15, -0.1) is 0 Å². The number of ether oxygens (including phenoxy) is 1. The molecule has 2 fully saturated rings. The van der Waals surface area contributed by atoms with Crippen molar-refractivity contribution in [2.75, 3.05) is 15.8 Å². The van der Waals surface area contributed by atoms with E-state index in [1.807, 2.05) is 12.1 Å². The van der Waals surface area contributed by atoms with Crippen molar-refractivity contribution in [3.05, 3.63) is 36.5 Å². The highest BCUT2D eigenvalue weighted by molar-refractivity contribution is 7.99. The Kier molecular flexibility index (Phi) is 7.51. The predicted octanol–water partition coefficient (Wildman–Crippen LogP) is 1.25. The van der Waals surface area contributed by atoms with E-state index in [4.69, 9.17) is 0 Å². The van der Waals surface area contributed by atoms with E-state index in [0.29, 0.717) is 17.6 Å². The summed E-state index contributed by atoms with van der Waals surface area (Å²) < 4.78 is 28.5. The minimum atomic E-state index is -2.54. The summed E-state index contributed by atoms with van der Waals surface area (Å²) in [7, 11) is 0. The second-order valence-electron chi connectivity index (χ2n) is 8.29. The van der Waals surface area contributed by atoms with Crippen LogP contribution < -0.4 is 9.62 Å². The molecule has 10 nitrogen and oxygen atoms in total. The van der Waals surface area contributed by atoms with Crippen molar-refractivity contribution in [1.29, 1.82) is 0 Å². The number of carbonyl (C=O) groups excluding carboxylic acids is 3. The lowest BCUT2D eigenvalue weighted by atomic mass is 9.84. The summed E-state index contributed by atoms with van der Waals surface area (Å²) in [4.78, 5) is 42.2. The third-order valence-electron chi connectivity index (χ3n) is 6.18. The third kappa shape index (κ3) is 4.95. The molecule has 0 spiro atoms. The molecule has 6 atom stereocenters. The van der Waals surface area contributed by atoms with Crippen molar-refractivity contribution < 1.29 is 33.0 Å². The van der Waals surface area contributed by atoms with E-state index < -0.39 is 53.4 Å². The number of nitrogens with zero attached hydrogens (tertiary/aromatic N) is 2. The standard InChI is InChI=1S/C22H25N3O7S2/c1-12(21(28)24-16-10-18(26)32-22(16)29)14-7-9-33-11-17(19(14)27)25(34(30)31)20-15-5-3-2-4-13(15)6-8-23-20/h2-6,8,12,14,16-17,22,29H,7,9-11H2,1H3,(H,24,28)(H,30,31). The number of pyridine rings is 1. The van der Waals surface area contributed by atoms with Crippen LogP contribution in [0.5, 0.6) is 0 Å². The molecule has 34 heavy (non-hydrogen) atoms. The zero-order chi connectivity index (χ0) is 24.4. The molecule has 2 saturated heterocycles. The molecule has 1 aromatic carbocycles. The number of hydrogen-bond donors (Lipinski definition) is 3. The van der Waals surface area contributed by atoms with Gasteiger partial charge in [0.05, 0.1) is 6.42 Å². The molecule has 2 aliphatic rings. The van der Waals surface area contributed by atoms with Crippen LogP contribution in [0, 0.1) is 11.8 Å². The lowest BCUT2D eigenvalue weighted by Crippen LogP contribution is -2.50. The van der Waals surface area contributed by atoms with Crippen LogP contribution in [-0.2, 0) is 30.4 Å². The number of benzene rings is 1. The van der Waals surface area contributed by atoms with Crippen molar-refractivity contribution in [3.8, 4) is 0 Å². The molecule has 3 N–H and O–H groups in total. The number of anilines is 1. The lowest BCUT2D eigenvalue weighted by Gasteiger charge is -2.31. The van der Waals surface area contributed by atoms with E-state index in [0.717, 1.165) is 9.69 Å². The van der Waals surface area contributed by atoms with Crippen LogP contribution in [0.25, 0.3) is 10.8 Å². The number of rotatable bonds is 6. The molecule has 1 amide bonds. The van der Waals surface area contributed by atoms with Crippen LogP contribution in [0.2, 0.25) is 0 Å². The lowest BCUT2D eigenvalue weighted by molar-refractivity contribution is -0.155. The van der Waals surface area contributed by atoms with Crippen molar-refractivity contribution in [1.82, 2.24) is 10.3 Å². The number of esters is 1. The molecule has 4 rings (SSSR count). The number of amides is 1. The normalized spacial score (nSPS) is 27.0. The van der Waals surface area contributed by atoms with E-state index in [-0.39, 0.29) is 23.8 Å². The Balaban J connectivity index is 1.60. The van der Waals surface area contributed by atoms with Gasteiger partial charge in [-0.25, -0.2) is 13.5 Å². The zero-order valence-corrected chi connectivity index (χ0v) is 20.0. The number of nitrogens with one attached hydrogen (secondary N) is 1. The fourth-order valence-electron chi connectivity index (χ4n) is 4.33. The van der Waals surface area contributed by atoms with Gasteiger partial charge in [-0.2, -0.15) is 11.8 Å². The molecule has 2 aliphatic heterocycles. The van der Waals surface area contributed by atoms with Crippen molar-refractivity contribution in [2.24, 2.45) is 11.8 Å². The Bertz CT molecular complexity index is 1130. The van der Waals surface area contributed by atoms with Crippen LogP contribution in [0.3, 0.4) is 0 Å². The molecular formula is C22H25N3O7S2. The van der Waals surface area contributed by atoms with E-state index >= 15 is 0 Å². The van der Waals surface area contributed by atoms with E-state index in [2.05, 4.69) is 15.0 Å². The number of hydrogen-bond acceptors (Lipinski definition) is 8. The first kappa shape index (κ1) is 24.6. The molecular weight excluding hydrogens is 482 g/mol. The number of fused-ring (bicyclic) bond motifs is 1. The van der Waals surface area contributed by atoms with Crippen molar-refractivity contribution in [3.63, 3.8) is 0 Å². The molecule has 0 bridgehead atoms. The summed E-state index contributed by atoms with van der Waals surface area (Å²) in [5.74, 6) is -1.87. The average molecular weight is 508 g/mol. The summed E-state index contributed by atoms with van der Waals surface area (Å²) in [5, 5.41) is 13.8. The van der Waals surface area contributed by atoms with Gasteiger partial charge in [-0.3, -0.25) is 18.9 Å². The first-order valence-corrected chi connectivity index (χ1v) is 13.0. The van der Waals surface area contributed by atoms with Gasteiger partial charge in [-0.05, 0) is 23.6 Å². The molecule has 1 aromatic heterocycles. The predicted molar refractivity (Wildman–Crippen MR) is 127 cm³/mol. The molecule has 2 aromatic rings. The van der Waals surface area contributed by atoms with Gasteiger partial charge in [0, 0.05) is 29.2 Å². The Morgan fingerprint density at radius 1 is 1.32 bits per heavy atom. The van der Waals surface area contributed by atoms with Gasteiger partial charge in [-0.1, -0.05) is 31.2 Å². The highest BCUT2D eigenvalue weighted by atomic mass is 32.2. The molecule has 0 radical (unpaired) electrons. The third-order valence-corrected chi connectivity index (χ3v) is 8.02. The summed E-state index contributed by atoms with van der Waals surface area (Å²) in [5.41, 5.74) is 0. The molecule has 6 unspecified atom stereocenters. The quantitative estimate of drug-likeness (QED) is 0.388. The highest BCUT2D eigenvalue weighted by Crippen LogP contribution is 2.33. The van der Waals surface area contributed by atoms with Gasteiger partial charge >= 0.3 is 5.97 Å². The van der Waals surface area contributed by atoms with E-state index in [1.165, 1.54) is 18.0 Å². The monoisotopic (exact) mass is 507 g/mol. The Morgan fingerprint density at radius 3 is 2.79 bits per heavy atom. The number of ketones is 1. The minimum Gasteiger partial charge on any atom is -0.434 e. The van der Waals surface area contributed by atoms with Gasteiger partial charge < -0.3 is 15.2 Å². The zero-order valence-electron chi connectivity index (χ0n) is 18.3. The summed E-state index contributed by atoms with van der Waals surface area (Å²) in [6.07, 6.45) is 0.351. The number of aliphatic hydroxyl groups excluding tert-OH is 1. The molecule has 0 saturated carbocycles. The Hall–Kier alpha value is -2.54. The van der Waals surface area contributed by atoms with Gasteiger partial charge in [0.1, 0.15) is 12.1 Å². The van der Waals surface area contributed by atoms with Crippen LogP contribution in [0.15, 0.2) is 36.5 Å². The molecule has 182 valence electrons. The van der Waals surface area contributed by atoms with Crippen LogP contribution in [-0.4, -0.2) is 66.4 Å². The SMILES string of the molecule is CC(C(=O)NC1CC(=O)OC1O)C1CCSCC(N(c2nccc3ccccc23)S(=O)O)C1=O. The smallest absolute Gasteiger partial charge is 0.310 e. The largest absolute Gasteiger partial charge is 0.434 e. The van der Waals surface area contributed by atoms with E-state index in [1.54, 1.807) is 25.1 Å². The minimum absolute atomic E-state index is 0.152. The fourth-order valence-corrected chi connectivity index (χ4v) is 6.24. The maximum atomic E-state index is 13.7. The molecule has 12 heteroatoms. The van der Waals surface area contributed by atoms with Gasteiger partial charge in [0.2, 0.25) is 12.2 Å². The second kappa shape index (κ2) is 10.4. The maximum absolute atomic E-state index is 13.7. The average Bonchev–Trinajstić information content (AvgIpc) is 3.01. The number of thioether (sulfide) groups is 1. The summed E-state index contributed by atoms with van der Waals surface area (Å²) in [6, 6.07) is 7.18. The Morgan fingerprint density at radius 2 is 2.09 bits per heavy atom. The van der Waals surface area contributed by atoms with Crippen LogP contribution in [0.1, 0.15) is 19.8 Å². The fraction of sp³-hybridized carbons (Fsp3) is 0.455. The van der Waals surface area contributed by atoms with Crippen LogP contribution >= 0.6 is 11.8 Å².